The third-order valence-corrected chi connectivity index (χ3v) is 6.22. The van der Waals surface area contributed by atoms with Crippen LogP contribution in [0.15, 0.2) is 48.5 Å². The van der Waals surface area contributed by atoms with Crippen molar-refractivity contribution in [3.63, 3.8) is 0 Å². The molecule has 148 valence electrons. The van der Waals surface area contributed by atoms with E-state index >= 15 is 0 Å². The molecule has 0 amide bonds. The SMILES string of the molecule is OC[C@@H](O)[C@H]1O[C@H](c2ccc(F)c(Cc3cc4ccccc4s3)c2)[C@H](O)[C@H]1O. The Morgan fingerprint density at radius 2 is 1.86 bits per heavy atom. The molecule has 1 saturated heterocycles. The molecule has 7 heteroatoms. The van der Waals surface area contributed by atoms with Crippen molar-refractivity contribution in [3.8, 4) is 0 Å². The fraction of sp³-hybridized carbons (Fsp3) is 0.333. The largest absolute Gasteiger partial charge is 0.394 e. The third kappa shape index (κ3) is 3.57. The van der Waals surface area contributed by atoms with E-state index < -0.39 is 37.1 Å². The lowest BCUT2D eigenvalue weighted by Crippen LogP contribution is -2.40. The molecule has 2 aromatic carbocycles. The van der Waals surface area contributed by atoms with Crippen LogP contribution < -0.4 is 0 Å². The van der Waals surface area contributed by atoms with Gasteiger partial charge in [0.2, 0.25) is 0 Å². The molecule has 0 unspecified atom stereocenters. The summed E-state index contributed by atoms with van der Waals surface area (Å²) in [5, 5.41) is 40.4. The fourth-order valence-electron chi connectivity index (χ4n) is 3.62. The first-order chi connectivity index (χ1) is 13.5. The Morgan fingerprint density at radius 3 is 2.61 bits per heavy atom. The molecule has 0 radical (unpaired) electrons. The molecule has 0 saturated carbocycles. The summed E-state index contributed by atoms with van der Waals surface area (Å²) < 4.78 is 21.1. The molecule has 3 aromatic rings. The van der Waals surface area contributed by atoms with Crippen LogP contribution in [0, 0.1) is 5.82 Å². The predicted molar refractivity (Wildman–Crippen MR) is 104 cm³/mol. The molecule has 0 aliphatic carbocycles. The van der Waals surface area contributed by atoms with E-state index in [4.69, 9.17) is 9.84 Å². The maximum atomic E-state index is 14.4. The lowest BCUT2D eigenvalue weighted by Gasteiger charge is -2.19. The van der Waals surface area contributed by atoms with E-state index in [1.54, 1.807) is 17.4 Å². The lowest BCUT2D eigenvalue weighted by molar-refractivity contribution is -0.0820. The number of thiophene rings is 1. The van der Waals surface area contributed by atoms with Crippen LogP contribution in [0.4, 0.5) is 4.39 Å². The van der Waals surface area contributed by atoms with Crippen molar-refractivity contribution >= 4 is 21.4 Å². The van der Waals surface area contributed by atoms with Crippen molar-refractivity contribution in [2.24, 2.45) is 0 Å². The predicted octanol–water partition coefficient (Wildman–Crippen LogP) is 2.15. The Balaban J connectivity index is 1.60. The highest BCUT2D eigenvalue weighted by Crippen LogP contribution is 2.36. The van der Waals surface area contributed by atoms with E-state index in [0.717, 1.165) is 15.0 Å². The highest BCUT2D eigenvalue weighted by molar-refractivity contribution is 7.19. The van der Waals surface area contributed by atoms with E-state index in [2.05, 4.69) is 0 Å². The van der Waals surface area contributed by atoms with E-state index in [9.17, 15) is 19.7 Å². The Hall–Kier alpha value is -1.87. The van der Waals surface area contributed by atoms with Gasteiger partial charge < -0.3 is 25.2 Å². The number of aliphatic hydroxyl groups excluding tert-OH is 4. The van der Waals surface area contributed by atoms with E-state index in [1.165, 1.54) is 12.1 Å². The summed E-state index contributed by atoms with van der Waals surface area (Å²) in [6.45, 7) is -0.595. The molecule has 0 spiro atoms. The number of fused-ring (bicyclic) bond motifs is 1. The standard InChI is InChI=1S/C21H21FO5S/c22-15-6-5-12(20-18(25)19(26)21(27-20)16(24)10-23)7-13(15)9-14-8-11-3-1-2-4-17(11)28-14/h1-8,16,18-21,23-26H,9-10H2/t16-,18-,19-,20-,21-/m1/s1. The number of aliphatic hydroxyl groups is 4. The summed E-state index contributed by atoms with van der Waals surface area (Å²) in [6.07, 6.45) is -5.57. The maximum absolute atomic E-state index is 14.4. The van der Waals surface area contributed by atoms with Gasteiger partial charge in [-0.1, -0.05) is 24.3 Å². The molecule has 1 aliphatic rings. The van der Waals surface area contributed by atoms with Gasteiger partial charge in [-0.2, -0.15) is 0 Å². The molecular formula is C21H21FO5S. The zero-order valence-electron chi connectivity index (χ0n) is 14.9. The van der Waals surface area contributed by atoms with Crippen LogP contribution in [0.1, 0.15) is 22.1 Å². The van der Waals surface area contributed by atoms with Crippen molar-refractivity contribution in [2.45, 2.75) is 36.9 Å². The number of ether oxygens (including phenoxy) is 1. The van der Waals surface area contributed by atoms with Crippen molar-refractivity contribution in [1.82, 2.24) is 0 Å². The number of benzene rings is 2. The maximum Gasteiger partial charge on any atom is 0.126 e. The monoisotopic (exact) mass is 404 g/mol. The minimum atomic E-state index is -1.34. The van der Waals surface area contributed by atoms with Gasteiger partial charge in [0.15, 0.2) is 0 Å². The third-order valence-electron chi connectivity index (χ3n) is 5.11. The van der Waals surface area contributed by atoms with Crippen LogP contribution in [0.3, 0.4) is 0 Å². The fourth-order valence-corrected chi connectivity index (χ4v) is 4.71. The number of rotatable bonds is 5. The average Bonchev–Trinajstić information content (AvgIpc) is 3.24. The van der Waals surface area contributed by atoms with Crippen LogP contribution in [-0.2, 0) is 11.2 Å². The van der Waals surface area contributed by atoms with E-state index in [0.29, 0.717) is 17.5 Å². The molecule has 1 fully saturated rings. The number of hydrogen-bond acceptors (Lipinski definition) is 6. The molecule has 5 nitrogen and oxygen atoms in total. The zero-order chi connectivity index (χ0) is 19.8. The summed E-state index contributed by atoms with van der Waals surface area (Å²) in [4.78, 5) is 1.01. The van der Waals surface area contributed by atoms with Gasteiger partial charge in [-0.15, -0.1) is 11.3 Å². The normalized spacial score (nSPS) is 26.0. The van der Waals surface area contributed by atoms with Gasteiger partial charge in [-0.05, 0) is 40.8 Å². The summed E-state index contributed by atoms with van der Waals surface area (Å²) >= 11 is 1.60. The molecular weight excluding hydrogens is 383 g/mol. The zero-order valence-corrected chi connectivity index (χ0v) is 15.7. The van der Waals surface area contributed by atoms with Crippen molar-refractivity contribution in [2.75, 3.05) is 6.61 Å². The van der Waals surface area contributed by atoms with Gasteiger partial charge >= 0.3 is 0 Å². The van der Waals surface area contributed by atoms with Crippen molar-refractivity contribution < 1.29 is 29.6 Å². The Bertz CT molecular complexity index is 941. The van der Waals surface area contributed by atoms with Gasteiger partial charge in [0.25, 0.3) is 0 Å². The lowest BCUT2D eigenvalue weighted by atomic mass is 9.97. The van der Waals surface area contributed by atoms with Crippen molar-refractivity contribution in [3.05, 3.63) is 70.4 Å². The van der Waals surface area contributed by atoms with Gasteiger partial charge in [-0.3, -0.25) is 0 Å². The first kappa shape index (κ1) is 19.4. The molecule has 4 rings (SSSR count). The first-order valence-electron chi connectivity index (χ1n) is 9.04. The number of hydrogen-bond donors (Lipinski definition) is 4. The summed E-state index contributed by atoms with van der Waals surface area (Å²) in [5.41, 5.74) is 0.970. The first-order valence-corrected chi connectivity index (χ1v) is 9.86. The Labute approximate surface area is 165 Å². The highest BCUT2D eigenvalue weighted by Gasteiger charge is 2.46. The smallest absolute Gasteiger partial charge is 0.126 e. The van der Waals surface area contributed by atoms with Crippen LogP contribution in [0.2, 0.25) is 0 Å². The minimum absolute atomic E-state index is 0.360. The molecule has 0 bridgehead atoms. The summed E-state index contributed by atoms with van der Waals surface area (Å²) in [6, 6.07) is 14.4. The van der Waals surface area contributed by atoms with Crippen LogP contribution >= 0.6 is 11.3 Å². The average molecular weight is 404 g/mol. The van der Waals surface area contributed by atoms with E-state index in [1.807, 2.05) is 30.3 Å². The summed E-state index contributed by atoms with van der Waals surface area (Å²) in [5.74, 6) is -0.360. The van der Waals surface area contributed by atoms with Crippen LogP contribution in [-0.4, -0.2) is 51.4 Å². The Morgan fingerprint density at radius 1 is 1.07 bits per heavy atom. The Kier molecular flexibility index (Phi) is 5.46. The molecule has 5 atom stereocenters. The topological polar surface area (TPSA) is 90.2 Å². The quantitative estimate of drug-likeness (QED) is 0.523. The van der Waals surface area contributed by atoms with Crippen LogP contribution in [0.25, 0.3) is 10.1 Å². The van der Waals surface area contributed by atoms with Gasteiger partial charge in [0, 0.05) is 16.0 Å². The molecule has 2 heterocycles. The van der Waals surface area contributed by atoms with Crippen molar-refractivity contribution in [1.29, 1.82) is 0 Å². The number of halogens is 1. The minimum Gasteiger partial charge on any atom is -0.394 e. The second kappa shape index (κ2) is 7.87. The molecule has 4 N–H and O–H groups in total. The molecule has 1 aliphatic heterocycles. The second-order valence-corrected chi connectivity index (χ2v) is 8.20. The molecule has 1 aromatic heterocycles. The van der Waals surface area contributed by atoms with Gasteiger partial charge in [0.05, 0.1) is 6.61 Å². The van der Waals surface area contributed by atoms with Gasteiger partial charge in [-0.25, -0.2) is 4.39 Å². The molecule has 28 heavy (non-hydrogen) atoms. The second-order valence-electron chi connectivity index (χ2n) is 7.03. The van der Waals surface area contributed by atoms with E-state index in [-0.39, 0.29) is 5.82 Å². The van der Waals surface area contributed by atoms with Crippen LogP contribution in [0.5, 0.6) is 0 Å². The van der Waals surface area contributed by atoms with Gasteiger partial charge in [0.1, 0.15) is 36.3 Å². The highest BCUT2D eigenvalue weighted by atomic mass is 32.1. The summed E-state index contributed by atoms with van der Waals surface area (Å²) in [7, 11) is 0.